The molecule has 0 aliphatic carbocycles. The molecule has 0 bridgehead atoms. The van der Waals surface area contributed by atoms with Gasteiger partial charge in [0.2, 0.25) is 0 Å². The summed E-state index contributed by atoms with van der Waals surface area (Å²) in [5.41, 5.74) is 3.06. The number of hydrogen-bond donors (Lipinski definition) is 1. The van der Waals surface area contributed by atoms with Crippen LogP contribution in [-0.2, 0) is 6.54 Å². The summed E-state index contributed by atoms with van der Waals surface area (Å²) < 4.78 is 5.42. The largest absolute Gasteiger partial charge is 0.496 e. The second-order valence-corrected chi connectivity index (χ2v) is 5.95. The molecular formula is C17H19Cl2NO. The summed E-state index contributed by atoms with van der Waals surface area (Å²) >= 11 is 12.4. The van der Waals surface area contributed by atoms with E-state index in [2.05, 4.69) is 25.2 Å². The molecule has 21 heavy (non-hydrogen) atoms. The van der Waals surface area contributed by atoms with Gasteiger partial charge in [-0.2, -0.15) is 0 Å². The first-order valence-corrected chi connectivity index (χ1v) is 7.63. The number of nitrogens with one attached hydrogen (secondary N) is 1. The van der Waals surface area contributed by atoms with Crippen molar-refractivity contribution < 1.29 is 4.74 Å². The first kappa shape index (κ1) is 16.2. The molecule has 2 aromatic carbocycles. The number of rotatable bonds is 5. The molecule has 0 radical (unpaired) electrons. The topological polar surface area (TPSA) is 21.3 Å². The number of benzene rings is 2. The monoisotopic (exact) mass is 323 g/mol. The molecule has 0 atom stereocenters. The Labute approximate surface area is 136 Å². The molecule has 0 fully saturated rings. The van der Waals surface area contributed by atoms with E-state index in [1.165, 1.54) is 0 Å². The average Bonchev–Trinajstić information content (AvgIpc) is 2.47. The zero-order valence-electron chi connectivity index (χ0n) is 12.4. The molecule has 0 unspecified atom stereocenters. The molecule has 112 valence electrons. The van der Waals surface area contributed by atoms with Crippen molar-refractivity contribution in [3.8, 4) is 16.9 Å². The van der Waals surface area contributed by atoms with Gasteiger partial charge >= 0.3 is 0 Å². The molecule has 1 N–H and O–H groups in total. The van der Waals surface area contributed by atoms with Gasteiger partial charge in [-0.05, 0) is 23.8 Å². The highest BCUT2D eigenvalue weighted by atomic mass is 35.5. The Morgan fingerprint density at radius 3 is 2.57 bits per heavy atom. The predicted octanol–water partition coefficient (Wildman–Crippen LogP) is 5.17. The smallest absolute Gasteiger partial charge is 0.123 e. The van der Waals surface area contributed by atoms with Crippen molar-refractivity contribution in [2.75, 3.05) is 7.11 Å². The minimum Gasteiger partial charge on any atom is -0.496 e. The van der Waals surface area contributed by atoms with Crippen molar-refractivity contribution in [3.05, 3.63) is 52.0 Å². The van der Waals surface area contributed by atoms with Crippen LogP contribution in [0, 0.1) is 0 Å². The zero-order chi connectivity index (χ0) is 15.4. The molecule has 2 rings (SSSR count). The van der Waals surface area contributed by atoms with Gasteiger partial charge < -0.3 is 10.1 Å². The van der Waals surface area contributed by atoms with E-state index < -0.39 is 0 Å². The number of methoxy groups -OCH3 is 1. The molecule has 0 aromatic heterocycles. The van der Waals surface area contributed by atoms with E-state index in [1.54, 1.807) is 13.2 Å². The van der Waals surface area contributed by atoms with Gasteiger partial charge in [0.05, 0.1) is 17.2 Å². The van der Waals surface area contributed by atoms with Crippen molar-refractivity contribution >= 4 is 23.2 Å². The summed E-state index contributed by atoms with van der Waals surface area (Å²) in [4.78, 5) is 0. The van der Waals surface area contributed by atoms with Crippen molar-refractivity contribution in [3.63, 3.8) is 0 Å². The van der Waals surface area contributed by atoms with E-state index in [4.69, 9.17) is 27.9 Å². The Balaban J connectivity index is 2.41. The highest BCUT2D eigenvalue weighted by Crippen LogP contribution is 2.35. The molecule has 0 amide bonds. The van der Waals surface area contributed by atoms with E-state index in [-0.39, 0.29) is 0 Å². The number of ether oxygens (including phenoxy) is 1. The van der Waals surface area contributed by atoms with Crippen LogP contribution in [0.4, 0.5) is 0 Å². The maximum absolute atomic E-state index is 6.30. The minimum atomic E-state index is 0.410. The second-order valence-electron chi connectivity index (χ2n) is 5.16. The minimum absolute atomic E-state index is 0.410. The first-order chi connectivity index (χ1) is 10.0. The summed E-state index contributed by atoms with van der Waals surface area (Å²) in [6, 6.07) is 12.1. The molecule has 0 heterocycles. The third-order valence-electron chi connectivity index (χ3n) is 3.24. The van der Waals surface area contributed by atoms with E-state index in [0.717, 1.165) is 29.0 Å². The second kappa shape index (κ2) is 7.17. The molecule has 0 aliphatic heterocycles. The molecule has 2 nitrogen and oxygen atoms in total. The van der Waals surface area contributed by atoms with Gasteiger partial charge in [-0.1, -0.05) is 55.2 Å². The Morgan fingerprint density at radius 2 is 1.90 bits per heavy atom. The van der Waals surface area contributed by atoms with Crippen LogP contribution in [0.25, 0.3) is 11.1 Å². The number of hydrogen-bond acceptors (Lipinski definition) is 2. The van der Waals surface area contributed by atoms with Crippen LogP contribution in [-0.4, -0.2) is 13.2 Å². The fourth-order valence-corrected chi connectivity index (χ4v) is 2.53. The normalized spacial score (nSPS) is 11.0. The van der Waals surface area contributed by atoms with E-state index in [1.807, 2.05) is 24.3 Å². The van der Waals surface area contributed by atoms with Crippen molar-refractivity contribution in [2.24, 2.45) is 0 Å². The van der Waals surface area contributed by atoms with Crippen LogP contribution in [0.5, 0.6) is 5.75 Å². The van der Waals surface area contributed by atoms with Crippen molar-refractivity contribution in [2.45, 2.75) is 26.4 Å². The lowest BCUT2D eigenvalue weighted by Gasteiger charge is -2.14. The fraction of sp³-hybridized carbons (Fsp3) is 0.294. The third-order valence-corrected chi connectivity index (χ3v) is 4.06. The average molecular weight is 324 g/mol. The van der Waals surface area contributed by atoms with Gasteiger partial charge in [-0.25, -0.2) is 0 Å². The molecular weight excluding hydrogens is 305 g/mol. The zero-order valence-corrected chi connectivity index (χ0v) is 13.9. The molecule has 4 heteroatoms. The Hall–Kier alpha value is -1.22. The van der Waals surface area contributed by atoms with Gasteiger partial charge in [0.25, 0.3) is 0 Å². The lowest BCUT2D eigenvalue weighted by molar-refractivity contribution is 0.406. The quantitative estimate of drug-likeness (QED) is 0.819. The van der Waals surface area contributed by atoms with Gasteiger partial charge in [-0.3, -0.25) is 0 Å². The number of halogens is 2. The van der Waals surface area contributed by atoms with Crippen LogP contribution in [0.3, 0.4) is 0 Å². The Kier molecular flexibility index (Phi) is 5.51. The van der Waals surface area contributed by atoms with E-state index >= 15 is 0 Å². The Morgan fingerprint density at radius 1 is 1.14 bits per heavy atom. The summed E-state index contributed by atoms with van der Waals surface area (Å²) in [5, 5.41) is 4.54. The van der Waals surface area contributed by atoms with Crippen LogP contribution in [0.1, 0.15) is 19.4 Å². The fourth-order valence-electron chi connectivity index (χ4n) is 2.13. The summed E-state index contributed by atoms with van der Waals surface area (Å²) in [7, 11) is 1.68. The maximum Gasteiger partial charge on any atom is 0.123 e. The molecule has 0 spiro atoms. The summed E-state index contributed by atoms with van der Waals surface area (Å²) in [5.74, 6) is 0.866. The highest BCUT2D eigenvalue weighted by molar-refractivity contribution is 6.43. The van der Waals surface area contributed by atoms with Crippen LogP contribution in [0.15, 0.2) is 36.4 Å². The highest BCUT2D eigenvalue weighted by Gasteiger charge is 2.10. The van der Waals surface area contributed by atoms with Crippen molar-refractivity contribution in [1.82, 2.24) is 5.32 Å². The molecule has 0 aliphatic rings. The van der Waals surface area contributed by atoms with Gasteiger partial charge in [0.1, 0.15) is 5.75 Å². The summed E-state index contributed by atoms with van der Waals surface area (Å²) in [6.45, 7) is 4.97. The lowest BCUT2D eigenvalue weighted by atomic mass is 10.0. The molecule has 0 saturated carbocycles. The van der Waals surface area contributed by atoms with Gasteiger partial charge in [0.15, 0.2) is 0 Å². The maximum atomic E-state index is 6.30. The van der Waals surface area contributed by atoms with Gasteiger partial charge in [0, 0.05) is 23.7 Å². The van der Waals surface area contributed by atoms with Gasteiger partial charge in [-0.15, -0.1) is 0 Å². The molecule has 0 saturated heterocycles. The lowest BCUT2D eigenvalue weighted by Crippen LogP contribution is -2.22. The first-order valence-electron chi connectivity index (χ1n) is 6.87. The molecule has 2 aromatic rings. The predicted molar refractivity (Wildman–Crippen MR) is 90.4 cm³/mol. The summed E-state index contributed by atoms with van der Waals surface area (Å²) in [6.07, 6.45) is 0. The Bertz CT molecular complexity index is 626. The van der Waals surface area contributed by atoms with Crippen molar-refractivity contribution in [1.29, 1.82) is 0 Å². The SMILES string of the molecule is COc1ccc(-c2cccc(Cl)c2Cl)cc1CNC(C)C. The van der Waals surface area contributed by atoms with E-state index in [0.29, 0.717) is 16.1 Å². The van der Waals surface area contributed by atoms with Crippen LogP contribution >= 0.6 is 23.2 Å². The standard InChI is InChI=1S/C17H19Cl2NO/c1-11(2)20-10-13-9-12(7-8-16(13)21-3)14-5-4-6-15(18)17(14)19/h4-9,11,20H,10H2,1-3H3. The van der Waals surface area contributed by atoms with Crippen LogP contribution in [0.2, 0.25) is 10.0 Å². The third kappa shape index (κ3) is 3.91. The van der Waals surface area contributed by atoms with E-state index in [9.17, 15) is 0 Å². The van der Waals surface area contributed by atoms with Crippen LogP contribution < -0.4 is 10.1 Å².